The lowest BCUT2D eigenvalue weighted by Crippen LogP contribution is -2.26. The Bertz CT molecular complexity index is 849. The molecule has 1 aliphatic heterocycles. The zero-order chi connectivity index (χ0) is 20.9. The van der Waals surface area contributed by atoms with E-state index in [1.807, 2.05) is 6.07 Å². The Balaban J connectivity index is 1.63. The van der Waals surface area contributed by atoms with E-state index in [1.54, 1.807) is 26.5 Å². The van der Waals surface area contributed by atoms with Gasteiger partial charge < -0.3 is 24.3 Å². The van der Waals surface area contributed by atoms with Crippen LogP contribution < -0.4 is 19.5 Å². The zero-order valence-corrected chi connectivity index (χ0v) is 17.9. The van der Waals surface area contributed by atoms with Crippen molar-refractivity contribution in [3.05, 3.63) is 18.3 Å². The molecule has 4 rings (SSSR count). The Hall–Kier alpha value is -2.61. The van der Waals surface area contributed by atoms with Gasteiger partial charge in [0.25, 0.3) is 0 Å². The van der Waals surface area contributed by atoms with Crippen molar-refractivity contribution in [2.24, 2.45) is 5.92 Å². The van der Waals surface area contributed by atoms with Gasteiger partial charge in [0.05, 0.1) is 38.6 Å². The van der Waals surface area contributed by atoms with E-state index in [1.165, 1.54) is 12.8 Å². The van der Waals surface area contributed by atoms with Gasteiger partial charge in [-0.05, 0) is 37.7 Å². The Kier molecular flexibility index (Phi) is 6.52. The number of hydrogen-bond acceptors (Lipinski definition) is 8. The van der Waals surface area contributed by atoms with E-state index < -0.39 is 0 Å². The van der Waals surface area contributed by atoms with Gasteiger partial charge in [0.1, 0.15) is 6.10 Å². The molecule has 1 saturated heterocycles. The van der Waals surface area contributed by atoms with Crippen molar-refractivity contribution in [3.8, 4) is 28.8 Å². The number of methoxy groups -OCH3 is 2. The molecule has 0 aromatic carbocycles. The maximum absolute atomic E-state index is 6.23. The SMILES string of the molecule is COc1ccc(-c2cnc(NC3CCC(C)CC3)nc2O[C@@H]2CCOC2)c(OC)n1. The number of ether oxygens (including phenoxy) is 4. The number of rotatable bonds is 7. The van der Waals surface area contributed by atoms with Crippen molar-refractivity contribution in [1.82, 2.24) is 15.0 Å². The van der Waals surface area contributed by atoms with Crippen molar-refractivity contribution in [2.75, 3.05) is 32.8 Å². The van der Waals surface area contributed by atoms with Gasteiger partial charge in [-0.1, -0.05) is 6.92 Å². The van der Waals surface area contributed by atoms with Gasteiger partial charge in [-0.15, -0.1) is 0 Å². The number of anilines is 1. The summed E-state index contributed by atoms with van der Waals surface area (Å²) in [5.74, 6) is 2.81. The highest BCUT2D eigenvalue weighted by Crippen LogP contribution is 2.36. The predicted molar refractivity (Wildman–Crippen MR) is 113 cm³/mol. The average molecular weight is 415 g/mol. The van der Waals surface area contributed by atoms with Crippen LogP contribution in [0.1, 0.15) is 39.0 Å². The summed E-state index contributed by atoms with van der Waals surface area (Å²) in [6.07, 6.45) is 7.31. The summed E-state index contributed by atoms with van der Waals surface area (Å²) in [6, 6.07) is 4.07. The fraction of sp³-hybridized carbons (Fsp3) is 0.591. The van der Waals surface area contributed by atoms with Crippen molar-refractivity contribution >= 4 is 5.95 Å². The number of nitrogens with one attached hydrogen (secondary N) is 1. The van der Waals surface area contributed by atoms with E-state index in [0.717, 1.165) is 36.3 Å². The lowest BCUT2D eigenvalue weighted by Gasteiger charge is -2.27. The van der Waals surface area contributed by atoms with Gasteiger partial charge in [-0.2, -0.15) is 9.97 Å². The van der Waals surface area contributed by atoms with Crippen LogP contribution in [0, 0.1) is 5.92 Å². The monoisotopic (exact) mass is 414 g/mol. The highest BCUT2D eigenvalue weighted by Gasteiger charge is 2.24. The number of hydrogen-bond donors (Lipinski definition) is 1. The first-order valence-electron chi connectivity index (χ1n) is 10.6. The lowest BCUT2D eigenvalue weighted by molar-refractivity contribution is 0.138. The van der Waals surface area contributed by atoms with Crippen LogP contribution in [0.25, 0.3) is 11.1 Å². The lowest BCUT2D eigenvalue weighted by atomic mass is 9.87. The predicted octanol–water partition coefficient (Wildman–Crippen LogP) is 3.71. The second-order valence-corrected chi connectivity index (χ2v) is 8.03. The summed E-state index contributed by atoms with van der Waals surface area (Å²) in [6.45, 7) is 3.57. The van der Waals surface area contributed by atoms with E-state index in [2.05, 4.69) is 22.2 Å². The van der Waals surface area contributed by atoms with Gasteiger partial charge >= 0.3 is 0 Å². The molecule has 2 aromatic rings. The van der Waals surface area contributed by atoms with E-state index in [0.29, 0.717) is 42.8 Å². The molecule has 8 heteroatoms. The fourth-order valence-electron chi connectivity index (χ4n) is 3.96. The first kappa shape index (κ1) is 20.7. The molecular weight excluding hydrogens is 384 g/mol. The van der Waals surface area contributed by atoms with Crippen LogP contribution in [-0.4, -0.2) is 54.5 Å². The molecular formula is C22H30N4O4. The maximum Gasteiger partial charge on any atom is 0.226 e. The molecule has 3 heterocycles. The Morgan fingerprint density at radius 3 is 2.50 bits per heavy atom. The van der Waals surface area contributed by atoms with E-state index in [-0.39, 0.29) is 6.10 Å². The third-order valence-corrected chi connectivity index (χ3v) is 5.80. The molecule has 8 nitrogen and oxygen atoms in total. The Morgan fingerprint density at radius 2 is 1.80 bits per heavy atom. The molecule has 0 bridgehead atoms. The topological polar surface area (TPSA) is 87.6 Å². The van der Waals surface area contributed by atoms with Crippen LogP contribution >= 0.6 is 0 Å². The van der Waals surface area contributed by atoms with E-state index in [9.17, 15) is 0 Å². The highest BCUT2D eigenvalue weighted by atomic mass is 16.5. The molecule has 162 valence electrons. The van der Waals surface area contributed by atoms with Crippen LogP contribution in [-0.2, 0) is 4.74 Å². The van der Waals surface area contributed by atoms with Gasteiger partial charge in [0, 0.05) is 24.7 Å². The number of pyridine rings is 1. The molecule has 30 heavy (non-hydrogen) atoms. The molecule has 0 radical (unpaired) electrons. The molecule has 2 fully saturated rings. The maximum atomic E-state index is 6.23. The third kappa shape index (κ3) is 4.75. The van der Waals surface area contributed by atoms with Gasteiger partial charge in [0.15, 0.2) is 0 Å². The van der Waals surface area contributed by atoms with Gasteiger partial charge in [0.2, 0.25) is 23.6 Å². The van der Waals surface area contributed by atoms with Crippen LogP contribution in [0.15, 0.2) is 18.3 Å². The van der Waals surface area contributed by atoms with Gasteiger partial charge in [-0.3, -0.25) is 0 Å². The fourth-order valence-corrected chi connectivity index (χ4v) is 3.96. The quantitative estimate of drug-likeness (QED) is 0.734. The summed E-state index contributed by atoms with van der Waals surface area (Å²) in [5.41, 5.74) is 1.49. The molecule has 0 amide bonds. The molecule has 1 saturated carbocycles. The van der Waals surface area contributed by atoms with E-state index in [4.69, 9.17) is 23.9 Å². The van der Waals surface area contributed by atoms with Crippen molar-refractivity contribution in [1.29, 1.82) is 0 Å². The second kappa shape index (κ2) is 9.47. The minimum Gasteiger partial charge on any atom is -0.481 e. The summed E-state index contributed by atoms with van der Waals surface area (Å²) >= 11 is 0. The highest BCUT2D eigenvalue weighted by molar-refractivity contribution is 5.73. The molecule has 0 spiro atoms. The third-order valence-electron chi connectivity index (χ3n) is 5.80. The van der Waals surface area contributed by atoms with Crippen LogP contribution in [0.3, 0.4) is 0 Å². The largest absolute Gasteiger partial charge is 0.481 e. The zero-order valence-electron chi connectivity index (χ0n) is 17.9. The first-order chi connectivity index (χ1) is 14.7. The van der Waals surface area contributed by atoms with Crippen LogP contribution in [0.4, 0.5) is 5.95 Å². The van der Waals surface area contributed by atoms with Crippen LogP contribution in [0.2, 0.25) is 0 Å². The normalized spacial score (nSPS) is 23.8. The van der Waals surface area contributed by atoms with Crippen molar-refractivity contribution in [2.45, 2.75) is 51.2 Å². The minimum absolute atomic E-state index is 0.0285. The average Bonchev–Trinajstić information content (AvgIpc) is 3.28. The summed E-state index contributed by atoms with van der Waals surface area (Å²) in [4.78, 5) is 13.7. The van der Waals surface area contributed by atoms with Crippen LogP contribution in [0.5, 0.6) is 17.6 Å². The second-order valence-electron chi connectivity index (χ2n) is 8.03. The molecule has 0 unspecified atom stereocenters. The standard InChI is InChI=1S/C22H30N4O4/c1-14-4-6-15(7-5-14)24-22-23-12-18(21(26-22)30-16-10-11-29-13-16)17-8-9-19(27-2)25-20(17)28-3/h8-9,12,14-16H,4-7,10-11,13H2,1-3H3,(H,23,24,26)/t14?,15?,16-/m1/s1. The number of nitrogens with zero attached hydrogens (tertiary/aromatic N) is 3. The van der Waals surface area contributed by atoms with Crippen molar-refractivity contribution < 1.29 is 18.9 Å². The van der Waals surface area contributed by atoms with E-state index >= 15 is 0 Å². The Morgan fingerprint density at radius 1 is 0.967 bits per heavy atom. The molecule has 1 N–H and O–H groups in total. The number of aromatic nitrogens is 3. The van der Waals surface area contributed by atoms with Crippen molar-refractivity contribution in [3.63, 3.8) is 0 Å². The smallest absolute Gasteiger partial charge is 0.226 e. The molecule has 1 aliphatic carbocycles. The minimum atomic E-state index is -0.0285. The molecule has 2 aromatic heterocycles. The van der Waals surface area contributed by atoms with Gasteiger partial charge in [-0.25, -0.2) is 4.98 Å². The summed E-state index contributed by atoms with van der Waals surface area (Å²) in [5, 5.41) is 3.49. The first-order valence-corrected chi connectivity index (χ1v) is 10.6. The Labute approximate surface area is 177 Å². The summed E-state index contributed by atoms with van der Waals surface area (Å²) < 4.78 is 22.4. The molecule has 2 aliphatic rings. The molecule has 1 atom stereocenters. The summed E-state index contributed by atoms with van der Waals surface area (Å²) in [7, 11) is 3.16.